The minimum Gasteiger partial charge on any atom is -0.481 e. The summed E-state index contributed by atoms with van der Waals surface area (Å²) in [4.78, 5) is 35.2. The summed E-state index contributed by atoms with van der Waals surface area (Å²) in [5.74, 6) is -1.76. The van der Waals surface area contributed by atoms with Gasteiger partial charge in [-0.05, 0) is 44.9 Å². The fourth-order valence-corrected chi connectivity index (χ4v) is 2.15. The zero-order chi connectivity index (χ0) is 18.3. The monoisotopic (exact) mass is 354 g/mol. The summed E-state index contributed by atoms with van der Waals surface area (Å²) in [6.45, 7) is 5.44. The van der Waals surface area contributed by atoms with Crippen molar-refractivity contribution >= 4 is 29.4 Å². The quantitative estimate of drug-likeness (QED) is 0.699. The Morgan fingerprint density at radius 1 is 1.17 bits per heavy atom. The van der Waals surface area contributed by atoms with Crippen LogP contribution in [0.25, 0.3) is 0 Å². The lowest BCUT2D eigenvalue weighted by Crippen LogP contribution is -2.52. The second-order valence-corrected chi connectivity index (χ2v) is 7.03. The summed E-state index contributed by atoms with van der Waals surface area (Å²) in [6, 6.07) is 5.92. The van der Waals surface area contributed by atoms with Gasteiger partial charge in [-0.3, -0.25) is 14.4 Å². The van der Waals surface area contributed by atoms with Crippen LogP contribution in [0.1, 0.15) is 39.2 Å². The number of carboxylic acid groups (broad SMARTS) is 1. The van der Waals surface area contributed by atoms with Crippen LogP contribution in [0.5, 0.6) is 0 Å². The normalized spacial score (nSPS) is 12.3. The first-order chi connectivity index (χ1) is 11.1. The van der Waals surface area contributed by atoms with E-state index in [0.29, 0.717) is 5.02 Å². The molecule has 1 atom stereocenters. The maximum absolute atomic E-state index is 12.3. The Hall–Kier alpha value is -2.08. The molecule has 0 fully saturated rings. The lowest BCUT2D eigenvalue weighted by molar-refractivity contribution is -0.138. The molecular weight excluding hydrogens is 332 g/mol. The van der Waals surface area contributed by atoms with Crippen LogP contribution < -0.4 is 10.6 Å². The van der Waals surface area contributed by atoms with Gasteiger partial charge < -0.3 is 15.7 Å². The number of carbonyl (C=O) groups is 3. The highest BCUT2D eigenvalue weighted by Crippen LogP contribution is 2.10. The maximum Gasteiger partial charge on any atom is 0.303 e. The predicted molar refractivity (Wildman–Crippen MR) is 91.9 cm³/mol. The Bertz CT molecular complexity index is 594. The average Bonchev–Trinajstić information content (AvgIpc) is 2.43. The van der Waals surface area contributed by atoms with Gasteiger partial charge in [0, 0.05) is 17.0 Å². The van der Waals surface area contributed by atoms with Gasteiger partial charge in [-0.1, -0.05) is 23.7 Å². The van der Waals surface area contributed by atoms with Crippen LogP contribution in [0.15, 0.2) is 24.3 Å². The van der Waals surface area contributed by atoms with Crippen LogP contribution in [0.2, 0.25) is 5.02 Å². The zero-order valence-corrected chi connectivity index (χ0v) is 14.8. The molecule has 6 nitrogen and oxygen atoms in total. The molecular formula is C17H23ClN2O4. The topological polar surface area (TPSA) is 95.5 Å². The lowest BCUT2D eigenvalue weighted by atomic mass is 10.1. The van der Waals surface area contributed by atoms with E-state index in [9.17, 15) is 14.4 Å². The molecule has 1 aromatic carbocycles. The molecule has 0 saturated carbocycles. The Morgan fingerprint density at radius 2 is 1.75 bits per heavy atom. The Labute approximate surface area is 146 Å². The molecule has 7 heteroatoms. The largest absolute Gasteiger partial charge is 0.481 e. The van der Waals surface area contributed by atoms with E-state index in [-0.39, 0.29) is 25.2 Å². The number of halogens is 1. The van der Waals surface area contributed by atoms with Crippen LogP contribution in [0.4, 0.5) is 0 Å². The van der Waals surface area contributed by atoms with E-state index in [1.165, 1.54) is 0 Å². The van der Waals surface area contributed by atoms with E-state index in [1.54, 1.807) is 24.3 Å². The van der Waals surface area contributed by atoms with E-state index in [4.69, 9.17) is 16.7 Å². The van der Waals surface area contributed by atoms with E-state index in [1.807, 2.05) is 20.8 Å². The minimum absolute atomic E-state index is 0.0314. The molecule has 0 aliphatic carbocycles. The molecule has 0 bridgehead atoms. The van der Waals surface area contributed by atoms with E-state index in [2.05, 4.69) is 10.6 Å². The van der Waals surface area contributed by atoms with Gasteiger partial charge >= 0.3 is 5.97 Å². The smallest absolute Gasteiger partial charge is 0.303 e. The standard InChI is InChI=1S/C17H23ClN2O4/c1-17(2,3)20-16(24)13(8-9-15(22)23)19-14(21)10-11-4-6-12(18)7-5-11/h4-7,13H,8-10H2,1-3H3,(H,19,21)(H,20,24)(H,22,23)/t13-/m0/s1. The van der Waals surface area contributed by atoms with Crippen molar-refractivity contribution in [3.63, 3.8) is 0 Å². The highest BCUT2D eigenvalue weighted by Gasteiger charge is 2.25. The number of carboxylic acids is 1. The molecule has 0 aliphatic rings. The van der Waals surface area contributed by atoms with Crippen LogP contribution in [-0.2, 0) is 20.8 Å². The van der Waals surface area contributed by atoms with Gasteiger partial charge in [0.15, 0.2) is 0 Å². The molecule has 0 saturated heterocycles. The number of benzene rings is 1. The predicted octanol–water partition coefficient (Wildman–Crippen LogP) is 2.15. The van der Waals surface area contributed by atoms with Crippen molar-refractivity contribution in [2.24, 2.45) is 0 Å². The van der Waals surface area contributed by atoms with Crippen molar-refractivity contribution in [3.05, 3.63) is 34.9 Å². The molecule has 0 aromatic heterocycles. The van der Waals surface area contributed by atoms with Crippen molar-refractivity contribution < 1.29 is 19.5 Å². The average molecular weight is 355 g/mol. The number of aliphatic carboxylic acids is 1. The number of amides is 2. The molecule has 0 radical (unpaired) electrons. The van der Waals surface area contributed by atoms with Gasteiger partial charge in [-0.2, -0.15) is 0 Å². The van der Waals surface area contributed by atoms with Crippen molar-refractivity contribution in [1.82, 2.24) is 10.6 Å². The third-order valence-corrected chi connectivity index (χ3v) is 3.33. The Kier molecular flexibility index (Phi) is 7.22. The SMILES string of the molecule is CC(C)(C)NC(=O)[C@H](CCC(=O)O)NC(=O)Cc1ccc(Cl)cc1. The zero-order valence-electron chi connectivity index (χ0n) is 14.1. The van der Waals surface area contributed by atoms with Crippen molar-refractivity contribution in [1.29, 1.82) is 0 Å². The van der Waals surface area contributed by atoms with Crippen molar-refractivity contribution in [2.45, 2.75) is 51.6 Å². The van der Waals surface area contributed by atoms with Crippen molar-refractivity contribution in [2.75, 3.05) is 0 Å². The maximum atomic E-state index is 12.3. The van der Waals surface area contributed by atoms with Crippen LogP contribution in [0, 0.1) is 0 Å². The van der Waals surface area contributed by atoms with Gasteiger partial charge in [0.2, 0.25) is 11.8 Å². The first-order valence-electron chi connectivity index (χ1n) is 7.64. The fourth-order valence-electron chi connectivity index (χ4n) is 2.03. The fraction of sp³-hybridized carbons (Fsp3) is 0.471. The number of carbonyl (C=O) groups excluding carboxylic acids is 2. The van der Waals surface area contributed by atoms with Gasteiger partial charge in [0.25, 0.3) is 0 Å². The molecule has 2 amide bonds. The molecule has 3 N–H and O–H groups in total. The van der Waals surface area contributed by atoms with E-state index < -0.39 is 23.5 Å². The minimum atomic E-state index is -1.02. The second-order valence-electron chi connectivity index (χ2n) is 6.60. The number of hydrogen-bond donors (Lipinski definition) is 3. The molecule has 0 heterocycles. The molecule has 0 spiro atoms. The summed E-state index contributed by atoms with van der Waals surface area (Å²) in [7, 11) is 0. The summed E-state index contributed by atoms with van der Waals surface area (Å²) in [6.07, 6.45) is -0.0867. The number of hydrogen-bond acceptors (Lipinski definition) is 3. The molecule has 1 aromatic rings. The third-order valence-electron chi connectivity index (χ3n) is 3.07. The van der Waals surface area contributed by atoms with Gasteiger partial charge in [0.05, 0.1) is 6.42 Å². The molecule has 0 aliphatic heterocycles. The first kappa shape index (κ1) is 20.0. The first-order valence-corrected chi connectivity index (χ1v) is 8.02. The molecule has 0 unspecified atom stereocenters. The third kappa shape index (κ3) is 7.97. The Balaban J connectivity index is 2.71. The summed E-state index contributed by atoms with van der Waals surface area (Å²) >= 11 is 5.80. The van der Waals surface area contributed by atoms with Gasteiger partial charge in [-0.15, -0.1) is 0 Å². The summed E-state index contributed by atoms with van der Waals surface area (Å²) in [5.41, 5.74) is 0.282. The Morgan fingerprint density at radius 3 is 2.25 bits per heavy atom. The van der Waals surface area contributed by atoms with E-state index >= 15 is 0 Å². The number of rotatable bonds is 7. The summed E-state index contributed by atoms with van der Waals surface area (Å²) < 4.78 is 0. The number of nitrogens with one attached hydrogen (secondary N) is 2. The molecule has 1 rings (SSSR count). The van der Waals surface area contributed by atoms with Gasteiger partial charge in [0.1, 0.15) is 6.04 Å². The highest BCUT2D eigenvalue weighted by molar-refractivity contribution is 6.30. The lowest BCUT2D eigenvalue weighted by Gasteiger charge is -2.25. The second kappa shape index (κ2) is 8.68. The molecule has 132 valence electrons. The molecule has 24 heavy (non-hydrogen) atoms. The summed E-state index contributed by atoms with van der Waals surface area (Å²) in [5, 5.41) is 14.8. The van der Waals surface area contributed by atoms with Gasteiger partial charge in [-0.25, -0.2) is 0 Å². The van der Waals surface area contributed by atoms with Crippen LogP contribution >= 0.6 is 11.6 Å². The van der Waals surface area contributed by atoms with Crippen LogP contribution in [-0.4, -0.2) is 34.5 Å². The highest BCUT2D eigenvalue weighted by atomic mass is 35.5. The van der Waals surface area contributed by atoms with Crippen molar-refractivity contribution in [3.8, 4) is 0 Å². The van der Waals surface area contributed by atoms with E-state index in [0.717, 1.165) is 5.56 Å². The van der Waals surface area contributed by atoms with Crippen LogP contribution in [0.3, 0.4) is 0 Å².